The van der Waals surface area contributed by atoms with Crippen LogP contribution < -0.4 is 5.32 Å². The summed E-state index contributed by atoms with van der Waals surface area (Å²) < 4.78 is 0. The molecule has 0 unspecified atom stereocenters. The van der Waals surface area contributed by atoms with Crippen molar-refractivity contribution in [1.29, 1.82) is 0 Å². The molecule has 0 bridgehead atoms. The molecule has 1 N–H and O–H groups in total. The Balaban J connectivity index is 1.59. The molecule has 2 atom stereocenters. The predicted octanol–water partition coefficient (Wildman–Crippen LogP) is 4.67. The van der Waals surface area contributed by atoms with Gasteiger partial charge in [-0.1, -0.05) is 48.0 Å². The Hall–Kier alpha value is -2.63. The molecule has 0 saturated heterocycles. The van der Waals surface area contributed by atoms with Crippen LogP contribution >= 0.6 is 22.9 Å². The van der Waals surface area contributed by atoms with E-state index in [1.807, 2.05) is 60.0 Å². The minimum atomic E-state index is -0.447. The van der Waals surface area contributed by atoms with Gasteiger partial charge >= 0.3 is 0 Å². The molecule has 3 aromatic rings. The van der Waals surface area contributed by atoms with Gasteiger partial charge in [0.2, 0.25) is 5.91 Å². The highest BCUT2D eigenvalue weighted by atomic mass is 35.5. The van der Waals surface area contributed by atoms with Crippen LogP contribution in [0.5, 0.6) is 0 Å². The van der Waals surface area contributed by atoms with Crippen LogP contribution in [0.2, 0.25) is 5.02 Å². The topological polar surface area (TPSA) is 49.4 Å². The molecule has 0 fully saturated rings. The first-order valence-corrected chi connectivity index (χ1v) is 10.7. The van der Waals surface area contributed by atoms with Crippen LogP contribution in [0.25, 0.3) is 0 Å². The molecule has 1 aromatic heterocycles. The Kier molecular flexibility index (Phi) is 5.69. The number of fused-ring (bicyclic) bond motifs is 1. The van der Waals surface area contributed by atoms with E-state index < -0.39 is 5.92 Å². The number of halogens is 1. The number of hydrogen-bond acceptors (Lipinski definition) is 3. The van der Waals surface area contributed by atoms with Crippen LogP contribution in [0.3, 0.4) is 0 Å². The lowest BCUT2D eigenvalue weighted by Crippen LogP contribution is -2.45. The average Bonchev–Trinajstić information content (AvgIpc) is 3.26. The van der Waals surface area contributed by atoms with Gasteiger partial charge in [-0.15, -0.1) is 11.3 Å². The summed E-state index contributed by atoms with van der Waals surface area (Å²) in [5.74, 6) is -0.564. The van der Waals surface area contributed by atoms with Crippen molar-refractivity contribution in [2.75, 3.05) is 13.6 Å². The molecule has 0 spiro atoms. The lowest BCUT2D eigenvalue weighted by molar-refractivity contribution is -0.124. The van der Waals surface area contributed by atoms with Crippen molar-refractivity contribution < 1.29 is 9.59 Å². The molecule has 1 aliphatic heterocycles. The number of hydrogen-bond donors (Lipinski definition) is 1. The van der Waals surface area contributed by atoms with E-state index in [9.17, 15) is 9.59 Å². The third-order valence-corrected chi connectivity index (χ3v) is 6.52. The van der Waals surface area contributed by atoms with Gasteiger partial charge < -0.3 is 10.2 Å². The van der Waals surface area contributed by atoms with Gasteiger partial charge in [-0.2, -0.15) is 0 Å². The lowest BCUT2D eigenvalue weighted by Gasteiger charge is -2.39. The van der Waals surface area contributed by atoms with E-state index in [-0.39, 0.29) is 17.9 Å². The zero-order chi connectivity index (χ0) is 20.4. The van der Waals surface area contributed by atoms with Crippen molar-refractivity contribution in [3.05, 3.63) is 92.6 Å². The van der Waals surface area contributed by atoms with Crippen LogP contribution in [-0.2, 0) is 11.2 Å². The van der Waals surface area contributed by atoms with Crippen LogP contribution in [0.4, 0.5) is 0 Å². The molecule has 4 nitrogen and oxygen atoms in total. The fourth-order valence-electron chi connectivity index (χ4n) is 3.86. The van der Waals surface area contributed by atoms with E-state index >= 15 is 0 Å². The SMILES string of the molecule is CN1C(=O)c2ccccc2[C@@H](C(=O)NCCc2ccc(Cl)cc2)[C@H]1c1cccs1. The molecular formula is C23H21ClN2O2S. The smallest absolute Gasteiger partial charge is 0.254 e. The van der Waals surface area contributed by atoms with Crippen molar-refractivity contribution in [1.82, 2.24) is 10.2 Å². The summed E-state index contributed by atoms with van der Waals surface area (Å²) >= 11 is 7.50. The molecule has 1 aliphatic rings. The summed E-state index contributed by atoms with van der Waals surface area (Å²) in [5, 5.41) is 5.75. The van der Waals surface area contributed by atoms with Crippen LogP contribution in [0.15, 0.2) is 66.0 Å². The normalized spacial score (nSPS) is 18.4. The van der Waals surface area contributed by atoms with Crippen molar-refractivity contribution >= 4 is 34.8 Å². The number of benzene rings is 2. The second-order valence-corrected chi connectivity index (χ2v) is 8.52. The Morgan fingerprint density at radius 3 is 2.59 bits per heavy atom. The number of rotatable bonds is 5. The zero-order valence-corrected chi connectivity index (χ0v) is 17.5. The van der Waals surface area contributed by atoms with Gasteiger partial charge in [0.1, 0.15) is 0 Å². The van der Waals surface area contributed by atoms with Gasteiger partial charge in [-0.3, -0.25) is 9.59 Å². The molecule has 2 heterocycles. The monoisotopic (exact) mass is 424 g/mol. The molecule has 0 aliphatic carbocycles. The Labute approximate surface area is 179 Å². The van der Waals surface area contributed by atoms with Gasteiger partial charge in [0, 0.05) is 29.1 Å². The van der Waals surface area contributed by atoms with Crippen LogP contribution in [0.1, 0.15) is 38.3 Å². The fourth-order valence-corrected chi connectivity index (χ4v) is 4.89. The number of carbonyl (C=O) groups is 2. The first kappa shape index (κ1) is 19.7. The highest BCUT2D eigenvalue weighted by molar-refractivity contribution is 7.10. The van der Waals surface area contributed by atoms with Gasteiger partial charge in [-0.25, -0.2) is 0 Å². The average molecular weight is 425 g/mol. The number of thiophene rings is 1. The van der Waals surface area contributed by atoms with E-state index in [4.69, 9.17) is 11.6 Å². The van der Waals surface area contributed by atoms with Crippen molar-refractivity contribution in [3.63, 3.8) is 0 Å². The number of nitrogens with one attached hydrogen (secondary N) is 1. The Morgan fingerprint density at radius 2 is 1.86 bits per heavy atom. The molecule has 0 saturated carbocycles. The predicted molar refractivity (Wildman–Crippen MR) is 117 cm³/mol. The van der Waals surface area contributed by atoms with E-state index in [2.05, 4.69) is 5.32 Å². The fraction of sp³-hybridized carbons (Fsp3) is 0.217. The number of amides is 2. The largest absolute Gasteiger partial charge is 0.355 e. The molecular weight excluding hydrogens is 404 g/mol. The Bertz CT molecular complexity index is 1020. The molecule has 4 rings (SSSR count). The molecule has 0 radical (unpaired) electrons. The summed E-state index contributed by atoms with van der Waals surface area (Å²) in [6, 6.07) is 18.7. The highest BCUT2D eigenvalue weighted by Crippen LogP contribution is 2.43. The maximum absolute atomic E-state index is 13.3. The molecule has 2 amide bonds. The van der Waals surface area contributed by atoms with Crippen molar-refractivity contribution in [3.8, 4) is 0 Å². The summed E-state index contributed by atoms with van der Waals surface area (Å²) in [4.78, 5) is 28.9. The second kappa shape index (κ2) is 8.39. The van der Waals surface area contributed by atoms with E-state index in [1.165, 1.54) is 0 Å². The van der Waals surface area contributed by atoms with Gasteiger partial charge in [0.15, 0.2) is 0 Å². The van der Waals surface area contributed by atoms with Crippen molar-refractivity contribution in [2.45, 2.75) is 18.4 Å². The van der Waals surface area contributed by atoms with E-state index in [0.29, 0.717) is 17.1 Å². The summed E-state index contributed by atoms with van der Waals surface area (Å²) in [7, 11) is 1.77. The minimum absolute atomic E-state index is 0.0517. The standard InChI is InChI=1S/C23H21ClN2O2S/c1-26-21(19-7-4-14-29-19)20(17-5-2-3-6-18(17)23(26)28)22(27)25-13-12-15-8-10-16(24)11-9-15/h2-11,14,20-21H,12-13H2,1H3,(H,25,27)/t20-,21-/m1/s1. The summed E-state index contributed by atoms with van der Waals surface area (Å²) in [6.07, 6.45) is 0.718. The van der Waals surface area contributed by atoms with E-state index in [0.717, 1.165) is 22.4 Å². The van der Waals surface area contributed by atoms with Crippen LogP contribution in [0, 0.1) is 0 Å². The van der Waals surface area contributed by atoms with E-state index in [1.54, 1.807) is 29.4 Å². The quantitative estimate of drug-likeness (QED) is 0.647. The molecule has 6 heteroatoms. The highest BCUT2D eigenvalue weighted by Gasteiger charge is 2.42. The maximum atomic E-state index is 13.3. The first-order valence-electron chi connectivity index (χ1n) is 9.48. The number of likely N-dealkylation sites (N-methyl/N-ethyl adjacent to an activating group) is 1. The van der Waals surface area contributed by atoms with Gasteiger partial charge in [-0.05, 0) is 47.2 Å². The van der Waals surface area contributed by atoms with Gasteiger partial charge in [0.05, 0.1) is 12.0 Å². The lowest BCUT2D eigenvalue weighted by atomic mass is 9.81. The van der Waals surface area contributed by atoms with Crippen LogP contribution in [-0.4, -0.2) is 30.3 Å². The second-order valence-electron chi connectivity index (χ2n) is 7.11. The third-order valence-electron chi connectivity index (χ3n) is 5.32. The van der Waals surface area contributed by atoms with Gasteiger partial charge in [0.25, 0.3) is 5.91 Å². The first-order chi connectivity index (χ1) is 14.1. The molecule has 148 valence electrons. The summed E-state index contributed by atoms with van der Waals surface area (Å²) in [5.41, 5.74) is 2.50. The Morgan fingerprint density at radius 1 is 1.10 bits per heavy atom. The third kappa shape index (κ3) is 3.93. The molecule has 2 aromatic carbocycles. The number of carbonyl (C=O) groups excluding carboxylic acids is 2. The summed E-state index contributed by atoms with van der Waals surface area (Å²) in [6.45, 7) is 0.522. The number of nitrogens with zero attached hydrogens (tertiary/aromatic N) is 1. The molecule has 29 heavy (non-hydrogen) atoms. The minimum Gasteiger partial charge on any atom is -0.355 e. The van der Waals surface area contributed by atoms with Crippen molar-refractivity contribution in [2.24, 2.45) is 0 Å². The zero-order valence-electron chi connectivity index (χ0n) is 16.0. The maximum Gasteiger partial charge on any atom is 0.254 e.